The molecule has 0 spiro atoms. The summed E-state index contributed by atoms with van der Waals surface area (Å²) in [5.41, 5.74) is 0.861. The molecule has 1 heterocycles. The molecule has 1 fully saturated rings. The van der Waals surface area contributed by atoms with E-state index < -0.39 is 49.4 Å². The molecule has 0 aliphatic carbocycles. The van der Waals surface area contributed by atoms with E-state index in [-0.39, 0.29) is 18.1 Å². The van der Waals surface area contributed by atoms with Crippen LogP contribution in [0, 0.1) is 0 Å². The molecule has 0 aromatic heterocycles. The van der Waals surface area contributed by atoms with Crippen LogP contribution in [0.15, 0.2) is 36.4 Å². The fourth-order valence-corrected chi connectivity index (χ4v) is 2.54. The quantitative estimate of drug-likeness (QED) is 0.137. The fourth-order valence-electron chi connectivity index (χ4n) is 2.54. The summed E-state index contributed by atoms with van der Waals surface area (Å²) in [6.45, 7) is 4.45. The van der Waals surface area contributed by atoms with Crippen LogP contribution >= 0.6 is 0 Å². The maximum absolute atomic E-state index is 11.9. The summed E-state index contributed by atoms with van der Waals surface area (Å²) in [5, 5.41) is 58.4. The van der Waals surface area contributed by atoms with Gasteiger partial charge in [-0.2, -0.15) is 0 Å². The number of phenols is 2. The van der Waals surface area contributed by atoms with Crippen molar-refractivity contribution >= 4 is 12.0 Å². The number of aromatic hydroxyl groups is 2. The van der Waals surface area contributed by atoms with Gasteiger partial charge in [0.15, 0.2) is 17.8 Å². The van der Waals surface area contributed by atoms with Crippen molar-refractivity contribution in [3.63, 3.8) is 0 Å². The SMILES string of the molecule is C=C(C)C(O)COC1OC(COC(=O)C=Cc2ccc(O)c(O)c2)C(O)C(O)C1O. The number of hydrogen-bond donors (Lipinski definition) is 6. The van der Waals surface area contributed by atoms with Crippen molar-refractivity contribution in [2.75, 3.05) is 13.2 Å². The fraction of sp³-hybridized carbons (Fsp3) is 0.450. The van der Waals surface area contributed by atoms with Crippen LogP contribution < -0.4 is 0 Å². The van der Waals surface area contributed by atoms with Crippen LogP contribution in [-0.2, 0) is 19.0 Å². The highest BCUT2D eigenvalue weighted by atomic mass is 16.7. The molecule has 0 bridgehead atoms. The van der Waals surface area contributed by atoms with Crippen LogP contribution in [-0.4, -0.2) is 86.6 Å². The first-order valence-electron chi connectivity index (χ1n) is 9.11. The molecule has 166 valence electrons. The number of ether oxygens (including phenoxy) is 3. The number of carbonyl (C=O) groups excluding carboxylic acids is 1. The topological polar surface area (TPSA) is 166 Å². The van der Waals surface area contributed by atoms with Crippen molar-refractivity contribution in [1.29, 1.82) is 0 Å². The molecule has 6 N–H and O–H groups in total. The van der Waals surface area contributed by atoms with Gasteiger partial charge in [-0.1, -0.05) is 12.6 Å². The van der Waals surface area contributed by atoms with Crippen molar-refractivity contribution in [1.82, 2.24) is 0 Å². The van der Waals surface area contributed by atoms with E-state index >= 15 is 0 Å². The summed E-state index contributed by atoms with van der Waals surface area (Å²) in [4.78, 5) is 11.9. The molecule has 1 aromatic rings. The Morgan fingerprint density at radius 1 is 1.20 bits per heavy atom. The van der Waals surface area contributed by atoms with Gasteiger partial charge in [0.25, 0.3) is 0 Å². The maximum Gasteiger partial charge on any atom is 0.330 e. The number of rotatable bonds is 8. The predicted octanol–water partition coefficient (Wildman–Crippen LogP) is -0.585. The Morgan fingerprint density at radius 2 is 1.90 bits per heavy atom. The number of aliphatic hydroxyl groups is 4. The second-order valence-electron chi connectivity index (χ2n) is 6.92. The number of benzene rings is 1. The molecule has 6 atom stereocenters. The smallest absolute Gasteiger partial charge is 0.330 e. The summed E-state index contributed by atoms with van der Waals surface area (Å²) in [5.74, 6) is -1.44. The zero-order chi connectivity index (χ0) is 22.4. The van der Waals surface area contributed by atoms with Crippen LogP contribution in [0.3, 0.4) is 0 Å². The molecule has 0 amide bonds. The van der Waals surface area contributed by atoms with E-state index in [4.69, 9.17) is 14.2 Å². The maximum atomic E-state index is 11.9. The van der Waals surface area contributed by atoms with Gasteiger partial charge in [0.05, 0.1) is 12.7 Å². The van der Waals surface area contributed by atoms with Gasteiger partial charge in [0.1, 0.15) is 31.0 Å². The van der Waals surface area contributed by atoms with E-state index in [9.17, 15) is 35.4 Å². The minimum Gasteiger partial charge on any atom is -0.504 e. The highest BCUT2D eigenvalue weighted by Crippen LogP contribution is 2.25. The third-order valence-corrected chi connectivity index (χ3v) is 4.46. The van der Waals surface area contributed by atoms with Crippen molar-refractivity contribution in [3.8, 4) is 11.5 Å². The van der Waals surface area contributed by atoms with E-state index in [1.165, 1.54) is 24.3 Å². The van der Waals surface area contributed by atoms with Gasteiger partial charge >= 0.3 is 5.97 Å². The first-order chi connectivity index (χ1) is 14.1. The molecular formula is C20H26O10. The van der Waals surface area contributed by atoms with Crippen molar-refractivity contribution in [2.24, 2.45) is 0 Å². The molecule has 1 aromatic carbocycles. The van der Waals surface area contributed by atoms with E-state index in [2.05, 4.69) is 6.58 Å². The van der Waals surface area contributed by atoms with Crippen LogP contribution in [0.4, 0.5) is 0 Å². The Balaban J connectivity index is 1.91. The third kappa shape index (κ3) is 6.26. The van der Waals surface area contributed by atoms with E-state index in [1.807, 2.05) is 0 Å². The molecule has 10 nitrogen and oxygen atoms in total. The van der Waals surface area contributed by atoms with Gasteiger partial charge in [-0.25, -0.2) is 4.79 Å². The Hall–Kier alpha value is -2.47. The van der Waals surface area contributed by atoms with E-state index in [1.54, 1.807) is 6.92 Å². The lowest BCUT2D eigenvalue weighted by Gasteiger charge is -2.40. The first-order valence-corrected chi connectivity index (χ1v) is 9.11. The van der Waals surface area contributed by atoms with Gasteiger partial charge in [0.2, 0.25) is 0 Å². The number of hydrogen-bond acceptors (Lipinski definition) is 10. The molecular weight excluding hydrogens is 400 g/mol. The summed E-state index contributed by atoms with van der Waals surface area (Å²) < 4.78 is 15.6. The molecule has 0 saturated carbocycles. The highest BCUT2D eigenvalue weighted by molar-refractivity contribution is 5.87. The molecule has 0 radical (unpaired) electrons. The molecule has 6 unspecified atom stereocenters. The lowest BCUT2D eigenvalue weighted by molar-refractivity contribution is -0.304. The summed E-state index contributed by atoms with van der Waals surface area (Å²) in [7, 11) is 0. The Morgan fingerprint density at radius 3 is 2.53 bits per heavy atom. The number of aliphatic hydroxyl groups excluding tert-OH is 4. The van der Waals surface area contributed by atoms with Gasteiger partial charge in [-0.05, 0) is 36.3 Å². The van der Waals surface area contributed by atoms with Crippen molar-refractivity contribution in [2.45, 2.75) is 43.7 Å². The molecule has 1 aliphatic heterocycles. The highest BCUT2D eigenvalue weighted by Gasteiger charge is 2.44. The first kappa shape index (κ1) is 23.8. The van der Waals surface area contributed by atoms with Crippen LogP contribution in [0.5, 0.6) is 11.5 Å². The molecule has 1 aliphatic rings. The lowest BCUT2D eigenvalue weighted by Crippen LogP contribution is -2.59. The van der Waals surface area contributed by atoms with Crippen molar-refractivity contribution in [3.05, 3.63) is 42.0 Å². The molecule has 10 heteroatoms. The summed E-state index contributed by atoms with van der Waals surface area (Å²) in [6.07, 6.45) is -5.91. The zero-order valence-corrected chi connectivity index (χ0v) is 16.3. The molecule has 30 heavy (non-hydrogen) atoms. The second kappa shape index (κ2) is 10.5. The molecule has 1 saturated heterocycles. The molecule has 2 rings (SSSR count). The lowest BCUT2D eigenvalue weighted by atomic mass is 9.99. The van der Waals surface area contributed by atoms with Gasteiger partial charge in [-0.3, -0.25) is 0 Å². The number of phenolic OH excluding ortho intramolecular Hbond substituents is 2. The largest absolute Gasteiger partial charge is 0.504 e. The minimum absolute atomic E-state index is 0.255. The van der Waals surface area contributed by atoms with Crippen molar-refractivity contribution < 1.29 is 49.6 Å². The van der Waals surface area contributed by atoms with Crippen LogP contribution in [0.25, 0.3) is 6.08 Å². The van der Waals surface area contributed by atoms with Crippen LogP contribution in [0.1, 0.15) is 12.5 Å². The van der Waals surface area contributed by atoms with E-state index in [0.29, 0.717) is 11.1 Å². The summed E-state index contributed by atoms with van der Waals surface area (Å²) in [6, 6.07) is 3.96. The second-order valence-corrected chi connectivity index (χ2v) is 6.92. The minimum atomic E-state index is -1.62. The predicted molar refractivity (Wildman–Crippen MR) is 103 cm³/mol. The van der Waals surface area contributed by atoms with Crippen LogP contribution in [0.2, 0.25) is 0 Å². The number of esters is 1. The zero-order valence-electron chi connectivity index (χ0n) is 16.3. The van der Waals surface area contributed by atoms with Gasteiger partial charge in [-0.15, -0.1) is 0 Å². The Bertz CT molecular complexity index is 777. The Labute approximate surface area is 172 Å². The van der Waals surface area contributed by atoms with Gasteiger partial charge in [0, 0.05) is 6.08 Å². The Kier molecular flexibility index (Phi) is 8.35. The third-order valence-electron chi connectivity index (χ3n) is 4.46. The van der Waals surface area contributed by atoms with Gasteiger partial charge < -0.3 is 44.8 Å². The normalized spacial score (nSPS) is 27.7. The average molecular weight is 426 g/mol. The monoisotopic (exact) mass is 426 g/mol. The van der Waals surface area contributed by atoms with E-state index in [0.717, 1.165) is 6.08 Å². The number of carbonyl (C=O) groups is 1. The standard InChI is InChI=1S/C20H26O10/c1-10(2)14(23)8-29-20-19(27)18(26)17(25)15(30-20)9-28-16(24)6-4-11-3-5-12(21)13(22)7-11/h3-7,14-15,17-23,25-27H,1,8-9H2,2H3. The summed E-state index contributed by atoms with van der Waals surface area (Å²) >= 11 is 0. The average Bonchev–Trinajstić information content (AvgIpc) is 2.71.